The molecule has 1 aliphatic rings. The van der Waals surface area contributed by atoms with E-state index in [1.165, 1.54) is 12.5 Å². The first-order valence-corrected chi connectivity index (χ1v) is 8.71. The molecule has 0 bridgehead atoms. The summed E-state index contributed by atoms with van der Waals surface area (Å²) in [6, 6.07) is 4.36. The first-order valence-electron chi connectivity index (χ1n) is 8.71. The van der Waals surface area contributed by atoms with Gasteiger partial charge in [0.25, 0.3) is 5.69 Å². The van der Waals surface area contributed by atoms with Gasteiger partial charge in [-0.1, -0.05) is 25.8 Å². The molecule has 0 unspecified atom stereocenters. The van der Waals surface area contributed by atoms with E-state index in [0.717, 1.165) is 19.3 Å². The second kappa shape index (κ2) is 7.82. The Hall–Kier alpha value is -2.15. The maximum atomic E-state index is 12.3. The highest BCUT2D eigenvalue weighted by Crippen LogP contribution is 2.35. The van der Waals surface area contributed by atoms with E-state index in [1.807, 2.05) is 0 Å². The minimum absolute atomic E-state index is 0.00340. The third-order valence-electron chi connectivity index (χ3n) is 5.26. The van der Waals surface area contributed by atoms with Crippen LogP contribution in [-0.2, 0) is 0 Å². The van der Waals surface area contributed by atoms with Gasteiger partial charge >= 0.3 is 6.03 Å². The molecule has 25 heavy (non-hydrogen) atoms. The summed E-state index contributed by atoms with van der Waals surface area (Å²) in [5, 5.41) is 16.7. The maximum absolute atomic E-state index is 12.3. The summed E-state index contributed by atoms with van der Waals surface area (Å²) >= 11 is 0. The van der Waals surface area contributed by atoms with Crippen molar-refractivity contribution in [3.8, 4) is 0 Å². The molecule has 0 aliphatic heterocycles. The zero-order chi connectivity index (χ0) is 18.6. The standard InChI is InChI=1S/C18H28N4O3/c1-13-6-5-9-18(11-13,21(3)4)12-19-17(23)20-15-8-7-14(2)16(10-15)22(24)25/h7-8,10,13H,5-6,9,11-12H2,1-4H3,(H2,19,20,23)/t13-,18-/m0/s1. The summed E-state index contributed by atoms with van der Waals surface area (Å²) in [6.07, 6.45) is 4.50. The van der Waals surface area contributed by atoms with Gasteiger partial charge in [0.1, 0.15) is 0 Å². The molecule has 0 spiro atoms. The number of urea groups is 1. The molecular weight excluding hydrogens is 320 g/mol. The number of hydrogen-bond donors (Lipinski definition) is 2. The largest absolute Gasteiger partial charge is 0.336 e. The average Bonchev–Trinajstić information content (AvgIpc) is 2.54. The Labute approximate surface area is 148 Å². The smallest absolute Gasteiger partial charge is 0.319 e. The van der Waals surface area contributed by atoms with Crippen LogP contribution in [0, 0.1) is 23.0 Å². The topological polar surface area (TPSA) is 87.5 Å². The molecule has 1 aromatic carbocycles. The summed E-state index contributed by atoms with van der Waals surface area (Å²) in [5.41, 5.74) is 0.960. The number of nitro groups is 1. The van der Waals surface area contributed by atoms with Gasteiger partial charge in [-0.3, -0.25) is 10.1 Å². The molecule has 2 atom stereocenters. The van der Waals surface area contributed by atoms with Crippen LogP contribution < -0.4 is 10.6 Å². The molecule has 1 fully saturated rings. The van der Waals surface area contributed by atoms with Gasteiger partial charge in [-0.2, -0.15) is 0 Å². The number of nitro benzene ring substituents is 1. The molecule has 7 nitrogen and oxygen atoms in total. The number of hydrogen-bond acceptors (Lipinski definition) is 4. The minimum Gasteiger partial charge on any atom is -0.336 e. The Bertz CT molecular complexity index is 647. The van der Waals surface area contributed by atoms with Crippen LogP contribution >= 0.6 is 0 Å². The highest BCUT2D eigenvalue weighted by molar-refractivity contribution is 5.89. The van der Waals surface area contributed by atoms with E-state index in [2.05, 4.69) is 36.6 Å². The van der Waals surface area contributed by atoms with Crippen LogP contribution in [0.5, 0.6) is 0 Å². The number of likely N-dealkylation sites (N-methyl/N-ethyl adjacent to an activating group) is 1. The Morgan fingerprint density at radius 3 is 2.76 bits per heavy atom. The van der Waals surface area contributed by atoms with Crippen molar-refractivity contribution in [3.63, 3.8) is 0 Å². The molecular formula is C18H28N4O3. The van der Waals surface area contributed by atoms with Gasteiger partial charge in [-0.15, -0.1) is 0 Å². The Kier molecular flexibility index (Phi) is 6.00. The number of nitrogens with one attached hydrogen (secondary N) is 2. The van der Waals surface area contributed by atoms with Crippen LogP contribution in [-0.4, -0.2) is 42.0 Å². The third kappa shape index (κ3) is 4.69. The highest BCUT2D eigenvalue weighted by atomic mass is 16.6. The number of carbonyl (C=O) groups excluding carboxylic acids is 1. The van der Waals surface area contributed by atoms with Crippen molar-refractivity contribution in [3.05, 3.63) is 33.9 Å². The molecule has 1 aliphatic carbocycles. The Balaban J connectivity index is 2.00. The second-order valence-electron chi connectivity index (χ2n) is 7.39. The first kappa shape index (κ1) is 19.2. The summed E-state index contributed by atoms with van der Waals surface area (Å²) in [7, 11) is 4.11. The fourth-order valence-corrected chi connectivity index (χ4v) is 3.66. The zero-order valence-electron chi connectivity index (χ0n) is 15.5. The minimum atomic E-state index is -0.442. The van der Waals surface area contributed by atoms with Crippen molar-refractivity contribution in [2.75, 3.05) is 26.0 Å². The van der Waals surface area contributed by atoms with E-state index >= 15 is 0 Å². The lowest BCUT2D eigenvalue weighted by molar-refractivity contribution is -0.385. The molecule has 0 radical (unpaired) electrons. The Morgan fingerprint density at radius 2 is 2.16 bits per heavy atom. The fraction of sp³-hybridized carbons (Fsp3) is 0.611. The summed E-state index contributed by atoms with van der Waals surface area (Å²) < 4.78 is 0. The van der Waals surface area contributed by atoms with Gasteiger partial charge in [0.05, 0.1) is 4.92 Å². The van der Waals surface area contributed by atoms with Crippen LogP contribution in [0.1, 0.15) is 38.2 Å². The van der Waals surface area contributed by atoms with Crippen LogP contribution in [0.3, 0.4) is 0 Å². The molecule has 2 N–H and O–H groups in total. The van der Waals surface area contributed by atoms with E-state index in [1.54, 1.807) is 19.1 Å². The van der Waals surface area contributed by atoms with Gasteiger partial charge in [-0.25, -0.2) is 4.79 Å². The highest BCUT2D eigenvalue weighted by Gasteiger charge is 2.37. The SMILES string of the molecule is Cc1ccc(NC(=O)NC[C@]2(N(C)C)CCC[C@H](C)C2)cc1[N+](=O)[O-]. The van der Waals surface area contributed by atoms with Crippen LogP contribution in [0.25, 0.3) is 0 Å². The number of carbonyl (C=O) groups is 1. The number of aryl methyl sites for hydroxylation is 1. The van der Waals surface area contributed by atoms with E-state index < -0.39 is 4.92 Å². The van der Waals surface area contributed by atoms with Gasteiger partial charge in [-0.05, 0) is 45.8 Å². The molecule has 2 rings (SSSR count). The molecule has 2 amide bonds. The number of anilines is 1. The molecule has 0 saturated heterocycles. The van der Waals surface area contributed by atoms with Gasteiger partial charge in [0.2, 0.25) is 0 Å². The van der Waals surface area contributed by atoms with Crippen molar-refractivity contribution in [2.24, 2.45) is 5.92 Å². The van der Waals surface area contributed by atoms with Crippen molar-refractivity contribution >= 4 is 17.4 Å². The van der Waals surface area contributed by atoms with Crippen LogP contribution in [0.15, 0.2) is 18.2 Å². The molecule has 0 heterocycles. The van der Waals surface area contributed by atoms with E-state index in [4.69, 9.17) is 0 Å². The van der Waals surface area contributed by atoms with Crippen molar-refractivity contribution < 1.29 is 9.72 Å². The van der Waals surface area contributed by atoms with Crippen molar-refractivity contribution in [1.29, 1.82) is 0 Å². The number of nitrogens with zero attached hydrogens (tertiary/aromatic N) is 2. The lowest BCUT2D eigenvalue weighted by atomic mass is 9.75. The summed E-state index contributed by atoms with van der Waals surface area (Å²) in [6.45, 7) is 4.49. The molecule has 0 aromatic heterocycles. The first-order chi connectivity index (χ1) is 11.7. The van der Waals surface area contributed by atoms with Crippen LogP contribution in [0.4, 0.5) is 16.2 Å². The number of amides is 2. The maximum Gasteiger partial charge on any atom is 0.319 e. The Morgan fingerprint density at radius 1 is 1.44 bits per heavy atom. The third-order valence-corrected chi connectivity index (χ3v) is 5.26. The van der Waals surface area contributed by atoms with E-state index in [-0.39, 0.29) is 17.3 Å². The van der Waals surface area contributed by atoms with Crippen LogP contribution in [0.2, 0.25) is 0 Å². The van der Waals surface area contributed by atoms with Gasteiger partial charge in [0, 0.05) is 29.4 Å². The quantitative estimate of drug-likeness (QED) is 0.629. The zero-order valence-corrected chi connectivity index (χ0v) is 15.5. The van der Waals surface area contributed by atoms with E-state index in [9.17, 15) is 14.9 Å². The van der Waals surface area contributed by atoms with Gasteiger partial charge < -0.3 is 15.5 Å². The molecule has 1 aromatic rings. The lowest BCUT2D eigenvalue weighted by Crippen LogP contribution is -2.55. The van der Waals surface area contributed by atoms with Crippen molar-refractivity contribution in [2.45, 2.75) is 45.1 Å². The normalized spacial score (nSPS) is 23.3. The predicted molar refractivity (Wildman–Crippen MR) is 98.9 cm³/mol. The number of benzene rings is 1. The monoisotopic (exact) mass is 348 g/mol. The average molecular weight is 348 g/mol. The predicted octanol–water partition coefficient (Wildman–Crippen LogP) is 3.54. The second-order valence-corrected chi connectivity index (χ2v) is 7.39. The lowest BCUT2D eigenvalue weighted by Gasteiger charge is -2.45. The molecule has 1 saturated carbocycles. The molecule has 138 valence electrons. The number of rotatable bonds is 5. The summed E-state index contributed by atoms with van der Waals surface area (Å²) in [4.78, 5) is 25.0. The molecule has 7 heteroatoms. The fourth-order valence-electron chi connectivity index (χ4n) is 3.66. The summed E-state index contributed by atoms with van der Waals surface area (Å²) in [5.74, 6) is 0.640. The van der Waals surface area contributed by atoms with Gasteiger partial charge in [0.15, 0.2) is 0 Å². The van der Waals surface area contributed by atoms with E-state index in [0.29, 0.717) is 23.7 Å². The van der Waals surface area contributed by atoms with Crippen molar-refractivity contribution in [1.82, 2.24) is 10.2 Å².